The lowest BCUT2D eigenvalue weighted by molar-refractivity contribution is -0.0499. The second-order valence-corrected chi connectivity index (χ2v) is 7.71. The molecule has 0 saturated carbocycles. The summed E-state index contributed by atoms with van der Waals surface area (Å²) < 4.78 is 74.7. The molecule has 1 aromatic carbocycles. The minimum atomic E-state index is -5.86. The summed E-state index contributed by atoms with van der Waals surface area (Å²) in [4.78, 5) is 12.2. The number of rotatable bonds is 3. The maximum atomic E-state index is 12.5. The number of aryl methyl sites for hydroxylation is 1. The number of esters is 1. The number of alkyl halides is 3. The Morgan fingerprint density at radius 2 is 1.76 bits per heavy atom. The van der Waals surface area contributed by atoms with Crippen molar-refractivity contribution in [3.8, 4) is 5.75 Å². The first-order valence-electron chi connectivity index (χ1n) is 6.99. The van der Waals surface area contributed by atoms with Gasteiger partial charge >= 0.3 is 21.6 Å². The second kappa shape index (κ2) is 5.94. The van der Waals surface area contributed by atoms with Crippen molar-refractivity contribution in [1.82, 2.24) is 0 Å². The van der Waals surface area contributed by atoms with E-state index < -0.39 is 32.9 Å². The molecular formula is C15H15F3O6S. The molecule has 2 rings (SSSR count). The summed E-state index contributed by atoms with van der Waals surface area (Å²) in [6.45, 7) is 6.28. The van der Waals surface area contributed by atoms with Gasteiger partial charge in [-0.2, -0.15) is 21.6 Å². The summed E-state index contributed by atoms with van der Waals surface area (Å²) in [6, 6.07) is 3.64. The Labute approximate surface area is 141 Å². The molecule has 0 amide bonds. The average molecular weight is 380 g/mol. The number of benzene rings is 1. The van der Waals surface area contributed by atoms with E-state index in [1.54, 1.807) is 20.8 Å². The topological polar surface area (TPSA) is 82.8 Å². The van der Waals surface area contributed by atoms with E-state index in [1.165, 1.54) is 19.1 Å². The van der Waals surface area contributed by atoms with Crippen molar-refractivity contribution in [2.45, 2.75) is 38.8 Å². The summed E-state index contributed by atoms with van der Waals surface area (Å²) in [5.74, 6) is -1.66. The molecule has 0 saturated heterocycles. The average Bonchev–Trinajstić information content (AvgIpc) is 2.74. The summed E-state index contributed by atoms with van der Waals surface area (Å²) in [7, 11) is -5.86. The molecule has 25 heavy (non-hydrogen) atoms. The van der Waals surface area contributed by atoms with Gasteiger partial charge in [-0.15, -0.1) is 0 Å². The number of ether oxygens (including phenoxy) is 1. The third-order valence-corrected chi connectivity index (χ3v) is 3.95. The molecule has 0 aliphatic heterocycles. The predicted octanol–water partition coefficient (Wildman–Crippen LogP) is 3.92. The van der Waals surface area contributed by atoms with Crippen LogP contribution in [0.25, 0.3) is 11.0 Å². The van der Waals surface area contributed by atoms with Crippen molar-refractivity contribution in [3.63, 3.8) is 0 Å². The molecular weight excluding hydrogens is 365 g/mol. The lowest BCUT2D eigenvalue weighted by atomic mass is 10.1. The molecule has 2 aromatic rings. The molecule has 0 spiro atoms. The lowest BCUT2D eigenvalue weighted by Crippen LogP contribution is -2.28. The Balaban J connectivity index is 2.54. The van der Waals surface area contributed by atoms with E-state index in [4.69, 9.17) is 9.15 Å². The Morgan fingerprint density at radius 1 is 1.16 bits per heavy atom. The van der Waals surface area contributed by atoms with Crippen LogP contribution in [0.1, 0.15) is 36.9 Å². The van der Waals surface area contributed by atoms with Gasteiger partial charge in [0.2, 0.25) is 5.76 Å². The fraction of sp³-hybridized carbons (Fsp3) is 0.400. The number of hydrogen-bond acceptors (Lipinski definition) is 6. The van der Waals surface area contributed by atoms with Gasteiger partial charge < -0.3 is 13.3 Å². The summed E-state index contributed by atoms with van der Waals surface area (Å²) in [6.07, 6.45) is 0. The van der Waals surface area contributed by atoms with Gasteiger partial charge in [0.05, 0.1) is 5.39 Å². The number of furan rings is 1. The van der Waals surface area contributed by atoms with E-state index in [1.807, 2.05) is 0 Å². The largest absolute Gasteiger partial charge is 0.534 e. The Bertz CT molecular complexity index is 919. The van der Waals surface area contributed by atoms with Crippen molar-refractivity contribution >= 4 is 27.1 Å². The molecule has 0 aliphatic rings. The molecule has 0 atom stereocenters. The van der Waals surface area contributed by atoms with Crippen molar-refractivity contribution in [2.75, 3.05) is 0 Å². The van der Waals surface area contributed by atoms with Gasteiger partial charge in [0, 0.05) is 5.56 Å². The molecule has 0 bridgehead atoms. The van der Waals surface area contributed by atoms with Crippen LogP contribution >= 0.6 is 0 Å². The molecule has 0 unspecified atom stereocenters. The molecule has 6 nitrogen and oxygen atoms in total. The first kappa shape index (κ1) is 19.1. The van der Waals surface area contributed by atoms with E-state index in [9.17, 15) is 26.4 Å². The van der Waals surface area contributed by atoms with Crippen LogP contribution in [0.4, 0.5) is 13.2 Å². The highest BCUT2D eigenvalue weighted by molar-refractivity contribution is 7.88. The van der Waals surface area contributed by atoms with Crippen LogP contribution in [0.15, 0.2) is 22.6 Å². The van der Waals surface area contributed by atoms with Crippen LogP contribution in [0, 0.1) is 6.92 Å². The van der Waals surface area contributed by atoms with E-state index in [0.717, 1.165) is 6.07 Å². The van der Waals surface area contributed by atoms with Crippen LogP contribution in [0.3, 0.4) is 0 Å². The molecule has 138 valence electrons. The first-order valence-corrected chi connectivity index (χ1v) is 8.40. The molecule has 0 fully saturated rings. The summed E-state index contributed by atoms with van der Waals surface area (Å²) in [5.41, 5.74) is -6.30. The minimum absolute atomic E-state index is 0.00627. The molecule has 0 N–H and O–H groups in total. The summed E-state index contributed by atoms with van der Waals surface area (Å²) >= 11 is 0. The van der Waals surface area contributed by atoms with Gasteiger partial charge in [0.15, 0.2) is 5.75 Å². The van der Waals surface area contributed by atoms with Gasteiger partial charge in [0.1, 0.15) is 11.2 Å². The van der Waals surface area contributed by atoms with Crippen LogP contribution in [0.5, 0.6) is 5.75 Å². The van der Waals surface area contributed by atoms with Crippen LogP contribution in [-0.4, -0.2) is 25.5 Å². The van der Waals surface area contributed by atoms with Gasteiger partial charge in [0.25, 0.3) is 0 Å². The standard InChI is InChI=1S/C15H15F3O6S/c1-8-11-9(22-12(8)13(19)23-14(2,3)4)6-5-7-10(11)24-25(20,21)15(16,17)18/h5-7H,1-4H3. The van der Waals surface area contributed by atoms with E-state index in [0.29, 0.717) is 0 Å². The summed E-state index contributed by atoms with van der Waals surface area (Å²) in [5, 5.41) is -0.0591. The highest BCUT2D eigenvalue weighted by atomic mass is 32.2. The Morgan fingerprint density at radius 3 is 2.28 bits per heavy atom. The number of carbonyl (C=O) groups is 1. The number of carbonyl (C=O) groups excluding carboxylic acids is 1. The van der Waals surface area contributed by atoms with Crippen LogP contribution in [-0.2, 0) is 14.9 Å². The molecule has 1 heterocycles. The monoisotopic (exact) mass is 380 g/mol. The number of fused-ring (bicyclic) bond motifs is 1. The fourth-order valence-corrected chi connectivity index (χ4v) is 2.49. The first-order chi connectivity index (χ1) is 11.2. The van der Waals surface area contributed by atoms with Crippen LogP contribution in [0.2, 0.25) is 0 Å². The maximum absolute atomic E-state index is 12.5. The Kier molecular flexibility index (Phi) is 4.54. The zero-order chi connectivity index (χ0) is 19.2. The maximum Gasteiger partial charge on any atom is 0.534 e. The van der Waals surface area contributed by atoms with Crippen molar-refractivity contribution in [1.29, 1.82) is 0 Å². The van der Waals surface area contributed by atoms with E-state index in [2.05, 4.69) is 4.18 Å². The molecule has 10 heteroatoms. The molecule has 0 radical (unpaired) electrons. The van der Waals surface area contributed by atoms with Crippen molar-refractivity contribution in [3.05, 3.63) is 29.5 Å². The third kappa shape index (κ3) is 3.89. The zero-order valence-corrected chi connectivity index (χ0v) is 14.5. The van der Waals surface area contributed by atoms with Crippen LogP contribution < -0.4 is 4.18 Å². The fourth-order valence-electron chi connectivity index (χ4n) is 2.02. The Hall–Kier alpha value is -2.23. The highest BCUT2D eigenvalue weighted by Gasteiger charge is 2.49. The van der Waals surface area contributed by atoms with Crippen molar-refractivity contribution in [2.24, 2.45) is 0 Å². The quantitative estimate of drug-likeness (QED) is 0.456. The van der Waals surface area contributed by atoms with E-state index >= 15 is 0 Å². The minimum Gasteiger partial charge on any atom is -0.454 e. The third-order valence-electron chi connectivity index (χ3n) is 2.98. The van der Waals surface area contributed by atoms with Gasteiger partial charge in [-0.1, -0.05) is 6.07 Å². The molecule has 0 aliphatic carbocycles. The van der Waals surface area contributed by atoms with Crippen molar-refractivity contribution < 1.29 is 39.7 Å². The zero-order valence-electron chi connectivity index (χ0n) is 13.7. The number of hydrogen-bond donors (Lipinski definition) is 0. The SMILES string of the molecule is Cc1c(C(=O)OC(C)(C)C)oc2cccc(OS(=O)(=O)C(F)(F)F)c12. The van der Waals surface area contributed by atoms with Gasteiger partial charge in [-0.3, -0.25) is 0 Å². The normalized spacial score (nSPS) is 13.1. The smallest absolute Gasteiger partial charge is 0.454 e. The predicted molar refractivity (Wildman–Crippen MR) is 81.7 cm³/mol. The number of halogens is 3. The second-order valence-electron chi connectivity index (χ2n) is 6.17. The van der Waals surface area contributed by atoms with Gasteiger partial charge in [-0.25, -0.2) is 4.79 Å². The highest BCUT2D eigenvalue weighted by Crippen LogP contribution is 2.36. The molecule has 1 aromatic heterocycles. The van der Waals surface area contributed by atoms with E-state index in [-0.39, 0.29) is 22.3 Å². The van der Waals surface area contributed by atoms with Gasteiger partial charge in [-0.05, 0) is 39.8 Å². The lowest BCUT2D eigenvalue weighted by Gasteiger charge is -2.18.